The Kier molecular flexibility index (Phi) is 5.42. The predicted octanol–water partition coefficient (Wildman–Crippen LogP) is 6.52. The lowest BCUT2D eigenvalue weighted by Crippen LogP contribution is -2.26. The molecule has 8 atom stereocenters. The molecule has 3 aromatic heterocycles. The van der Waals surface area contributed by atoms with Crippen LogP contribution in [0.1, 0.15) is 67.6 Å². The molecule has 0 aromatic carbocycles. The van der Waals surface area contributed by atoms with Gasteiger partial charge in [-0.25, -0.2) is 19.9 Å². The van der Waals surface area contributed by atoms with Crippen LogP contribution in [0.3, 0.4) is 0 Å². The van der Waals surface area contributed by atoms with Crippen molar-refractivity contribution in [2.75, 3.05) is 0 Å². The number of fused-ring (bicyclic) bond motifs is 12. The maximum atomic E-state index is 13.4. The summed E-state index contributed by atoms with van der Waals surface area (Å²) in [6, 6.07) is 4.03. The molecule has 0 spiro atoms. The van der Waals surface area contributed by atoms with Gasteiger partial charge in [-0.3, -0.25) is 19.2 Å². The minimum Gasteiger partial charge on any atom is -0.340 e. The summed E-state index contributed by atoms with van der Waals surface area (Å²) >= 11 is 5.21. The van der Waals surface area contributed by atoms with Crippen LogP contribution in [0.15, 0.2) is 60.7 Å². The fourth-order valence-corrected chi connectivity index (χ4v) is 13.9. The number of rotatable bonds is 0. The van der Waals surface area contributed by atoms with E-state index < -0.39 is 23.7 Å². The van der Waals surface area contributed by atoms with E-state index in [1.807, 2.05) is 42.5 Å². The number of H-pyrrole nitrogens is 2. The van der Waals surface area contributed by atoms with Gasteiger partial charge < -0.3 is 9.97 Å². The van der Waals surface area contributed by atoms with Gasteiger partial charge in [0.25, 0.3) is 0 Å². The topological polar surface area (TPSA) is 151 Å². The van der Waals surface area contributed by atoms with Crippen molar-refractivity contribution in [1.82, 2.24) is 29.9 Å². The van der Waals surface area contributed by atoms with Gasteiger partial charge in [-0.1, -0.05) is 95.7 Å². The molecule has 17 rings (SSSR count). The molecule has 10 aliphatic heterocycles. The van der Waals surface area contributed by atoms with Crippen molar-refractivity contribution in [3.8, 4) is 0 Å². The predicted molar refractivity (Wildman–Crippen MR) is 203 cm³/mol. The molecule has 3 aromatic rings. The molecule has 52 heavy (non-hydrogen) atoms. The third kappa shape index (κ3) is 3.54. The third-order valence-corrected chi connectivity index (χ3v) is 16.1. The summed E-state index contributed by atoms with van der Waals surface area (Å²) in [6.07, 6.45) is 16.1. The summed E-state index contributed by atoms with van der Waals surface area (Å²) in [5.74, 6) is -0.964. The lowest BCUT2D eigenvalue weighted by molar-refractivity contribution is -0.112. The van der Waals surface area contributed by atoms with Crippen LogP contribution < -0.4 is 0 Å². The maximum Gasteiger partial charge on any atom is 0.201 e. The Morgan fingerprint density at radius 1 is 0.423 bits per heavy atom. The van der Waals surface area contributed by atoms with Crippen LogP contribution in [-0.2, 0) is 19.2 Å². The van der Waals surface area contributed by atoms with E-state index >= 15 is 0 Å². The minimum absolute atomic E-state index is 0.0495. The highest BCUT2D eigenvalue weighted by molar-refractivity contribution is 8.15. The molecule has 8 unspecified atom stereocenters. The fourth-order valence-electron chi connectivity index (χ4n) is 9.38. The molecule has 16 bridgehead atoms. The number of thioether (sulfide) groups is 4. The summed E-state index contributed by atoms with van der Waals surface area (Å²) < 4.78 is 0. The summed E-state index contributed by atoms with van der Waals surface area (Å²) in [6.45, 7) is 0. The molecule has 0 radical (unpaired) electrons. The maximum absolute atomic E-state index is 13.4. The van der Waals surface area contributed by atoms with Crippen LogP contribution in [-0.4, -0.2) is 60.9 Å². The van der Waals surface area contributed by atoms with Crippen LogP contribution in [0, 0.1) is 11.8 Å². The Labute approximate surface area is 310 Å². The van der Waals surface area contributed by atoms with Gasteiger partial charge >= 0.3 is 0 Å². The highest BCUT2D eigenvalue weighted by Gasteiger charge is 2.47. The molecule has 2 N–H and O–H groups in total. The Morgan fingerprint density at radius 3 is 1.58 bits per heavy atom. The van der Waals surface area contributed by atoms with Crippen LogP contribution in [0.5, 0.6) is 0 Å². The number of aromatic amines is 2. The molecule has 0 saturated carbocycles. The second-order valence-corrected chi connectivity index (χ2v) is 18.7. The molecular formula is C38H20N6O4S4. The molecule has 14 heteroatoms. The summed E-state index contributed by atoms with van der Waals surface area (Å²) in [4.78, 5) is 81.2. The second kappa shape index (κ2) is 9.72. The first-order valence-corrected chi connectivity index (χ1v) is 20.5. The summed E-state index contributed by atoms with van der Waals surface area (Å²) in [5, 5.41) is -0.578. The number of carbonyl (C=O) groups is 4. The SMILES string of the molecule is O=C1SC2C=CC1C1=C2c2cc3[nH]c(nc4nc(nc5[nH]c(cc1n2)c1c5C2C=CC1SC2=O)C1=C4C2C=CC1SC2=O)c1c3C2C=CC1SC2=O. The second-order valence-electron chi connectivity index (χ2n) is 14.1. The fraction of sp³-hybridized carbons (Fsp3) is 0.211. The zero-order valence-electron chi connectivity index (χ0n) is 26.4. The summed E-state index contributed by atoms with van der Waals surface area (Å²) in [5.41, 5.74) is 11.2. The number of aromatic nitrogens is 6. The van der Waals surface area contributed by atoms with Gasteiger partial charge in [0.05, 0.1) is 56.1 Å². The van der Waals surface area contributed by atoms with Crippen molar-refractivity contribution in [2.45, 2.75) is 32.8 Å². The standard InChI is InChI=1S/C38H20N6O4S4/c45-35-11-1-5-19(49-35)27-17-10-16-24-12-2-7-21(51-36(12)46)29(24)33(40-16)43-32-26-14-4-8-22(52-38(14)48)30(26)34(44-32)42-31-25-13-3-6-20(50-37(13)47)28(25)18(41-31)9-15(39-17)23(11)27/h1-14,19-22H,(H2,40,41,42,43,44). The number of carbonyl (C=O) groups excluding carboxylic acids is 4. The lowest BCUT2D eigenvalue weighted by Gasteiger charge is -2.31. The van der Waals surface area contributed by atoms with Crippen molar-refractivity contribution in [1.29, 1.82) is 0 Å². The van der Waals surface area contributed by atoms with Crippen LogP contribution >= 0.6 is 47.0 Å². The Balaban J connectivity index is 1.20. The highest BCUT2D eigenvalue weighted by atomic mass is 32.2. The van der Waals surface area contributed by atoms with E-state index in [2.05, 4.69) is 28.2 Å². The van der Waals surface area contributed by atoms with Crippen molar-refractivity contribution in [2.24, 2.45) is 11.8 Å². The summed E-state index contributed by atoms with van der Waals surface area (Å²) in [7, 11) is 0. The quantitative estimate of drug-likeness (QED) is 0.241. The van der Waals surface area contributed by atoms with E-state index in [-0.39, 0.29) is 41.5 Å². The molecular weight excluding hydrogens is 733 g/mol. The van der Waals surface area contributed by atoms with Gasteiger partial charge in [0, 0.05) is 44.4 Å². The van der Waals surface area contributed by atoms with Crippen molar-refractivity contribution >= 4 is 112 Å². The van der Waals surface area contributed by atoms with Crippen LogP contribution in [0.25, 0.3) is 44.6 Å². The average molecular weight is 753 g/mol. The van der Waals surface area contributed by atoms with Gasteiger partial charge in [-0.15, -0.1) is 0 Å². The van der Waals surface area contributed by atoms with E-state index in [0.29, 0.717) is 28.6 Å². The third-order valence-electron chi connectivity index (χ3n) is 11.5. The number of allylic oxidation sites excluding steroid dienone is 6. The minimum atomic E-state index is -0.508. The first-order valence-electron chi connectivity index (χ1n) is 17.0. The van der Waals surface area contributed by atoms with Crippen molar-refractivity contribution in [3.05, 3.63) is 106 Å². The van der Waals surface area contributed by atoms with Crippen LogP contribution in [0.2, 0.25) is 0 Å². The molecule has 0 amide bonds. The molecule has 0 fully saturated rings. The molecule has 13 heterocycles. The Morgan fingerprint density at radius 2 is 0.904 bits per heavy atom. The smallest absolute Gasteiger partial charge is 0.201 e. The van der Waals surface area contributed by atoms with E-state index in [0.717, 1.165) is 61.3 Å². The van der Waals surface area contributed by atoms with Gasteiger partial charge in [-0.2, -0.15) is 0 Å². The number of nitrogens with one attached hydrogen (secondary N) is 2. The first-order chi connectivity index (χ1) is 25.4. The van der Waals surface area contributed by atoms with E-state index in [9.17, 15) is 19.2 Å². The van der Waals surface area contributed by atoms with E-state index in [1.165, 1.54) is 47.0 Å². The van der Waals surface area contributed by atoms with Gasteiger partial charge in [-0.05, 0) is 23.3 Å². The monoisotopic (exact) mass is 752 g/mol. The van der Waals surface area contributed by atoms with Crippen molar-refractivity contribution < 1.29 is 19.2 Å². The average Bonchev–Trinajstić information content (AvgIpc) is 3.90. The molecule has 4 aliphatic carbocycles. The number of nitrogens with zero attached hydrogens (tertiary/aromatic N) is 4. The Hall–Kier alpha value is -4.50. The largest absolute Gasteiger partial charge is 0.340 e. The van der Waals surface area contributed by atoms with Gasteiger partial charge in [0.1, 0.15) is 11.3 Å². The molecule has 14 aliphatic rings. The van der Waals surface area contributed by atoms with Crippen molar-refractivity contribution in [3.63, 3.8) is 0 Å². The number of hydrogen-bond donors (Lipinski definition) is 2. The lowest BCUT2D eigenvalue weighted by atomic mass is 9.85. The normalized spacial score (nSPS) is 32.0. The highest BCUT2D eigenvalue weighted by Crippen LogP contribution is 2.57. The molecule has 10 nitrogen and oxygen atoms in total. The van der Waals surface area contributed by atoms with Gasteiger partial charge in [0.2, 0.25) is 20.5 Å². The number of hydrogen-bond acceptors (Lipinski definition) is 12. The zero-order chi connectivity index (χ0) is 34.3. The zero-order valence-corrected chi connectivity index (χ0v) is 29.7. The van der Waals surface area contributed by atoms with E-state index in [4.69, 9.17) is 19.9 Å². The molecule has 250 valence electrons. The Bertz CT molecular complexity index is 2620. The van der Waals surface area contributed by atoms with E-state index in [1.54, 1.807) is 0 Å². The van der Waals surface area contributed by atoms with Crippen LogP contribution in [0.4, 0.5) is 0 Å². The molecule has 0 saturated heterocycles. The first kappa shape index (κ1) is 29.0. The van der Waals surface area contributed by atoms with Gasteiger partial charge in [0.15, 0.2) is 11.6 Å².